The Balaban J connectivity index is 1.16. The number of aromatic amines is 1. The molecule has 9 heteroatoms. The van der Waals surface area contributed by atoms with Crippen molar-refractivity contribution in [3.8, 4) is 5.75 Å². The van der Waals surface area contributed by atoms with E-state index in [9.17, 15) is 19.2 Å². The van der Waals surface area contributed by atoms with Gasteiger partial charge in [-0.1, -0.05) is 6.42 Å². The number of amides is 2. The fourth-order valence-corrected chi connectivity index (χ4v) is 5.69. The Bertz CT molecular complexity index is 1210. The average molecular weight is 483 g/mol. The molecule has 35 heavy (non-hydrogen) atoms. The van der Waals surface area contributed by atoms with E-state index in [1.54, 1.807) is 25.3 Å². The van der Waals surface area contributed by atoms with E-state index < -0.39 is 5.69 Å². The third-order valence-corrected chi connectivity index (χ3v) is 8.18. The zero-order valence-electron chi connectivity index (χ0n) is 20.3. The summed E-state index contributed by atoms with van der Waals surface area (Å²) in [6, 6.07) is 5.05. The van der Waals surface area contributed by atoms with Crippen LogP contribution in [0.1, 0.15) is 44.9 Å². The van der Waals surface area contributed by atoms with Crippen molar-refractivity contribution in [1.82, 2.24) is 19.4 Å². The topological polar surface area (TPSA) is 105 Å². The zero-order chi connectivity index (χ0) is 24.5. The number of ether oxygens (including phenoxy) is 1. The first-order valence-corrected chi connectivity index (χ1v) is 12.8. The molecule has 3 fully saturated rings. The third-order valence-electron chi connectivity index (χ3n) is 8.18. The van der Waals surface area contributed by atoms with Crippen LogP contribution in [-0.4, -0.2) is 64.5 Å². The quantitative estimate of drug-likeness (QED) is 0.702. The van der Waals surface area contributed by atoms with E-state index in [0.29, 0.717) is 49.4 Å². The van der Waals surface area contributed by atoms with E-state index in [4.69, 9.17) is 4.74 Å². The molecule has 0 radical (unpaired) electrons. The van der Waals surface area contributed by atoms with Crippen molar-refractivity contribution in [2.75, 3.05) is 33.3 Å². The number of benzene rings is 1. The van der Waals surface area contributed by atoms with E-state index >= 15 is 0 Å². The van der Waals surface area contributed by atoms with Gasteiger partial charge in [-0.05, 0) is 62.6 Å². The Hall–Kier alpha value is -3.10. The maximum absolute atomic E-state index is 13.1. The van der Waals surface area contributed by atoms with E-state index in [1.807, 2.05) is 9.80 Å². The van der Waals surface area contributed by atoms with Crippen LogP contribution in [0.2, 0.25) is 0 Å². The molecule has 2 aromatic rings. The number of methoxy groups -OCH3 is 1. The number of fused-ring (bicyclic) bond motifs is 1. The highest BCUT2D eigenvalue weighted by atomic mass is 16.5. The summed E-state index contributed by atoms with van der Waals surface area (Å²) < 4.78 is 6.51. The van der Waals surface area contributed by atoms with Gasteiger partial charge >= 0.3 is 5.69 Å². The van der Waals surface area contributed by atoms with Gasteiger partial charge in [0.1, 0.15) is 5.75 Å². The molecule has 0 unspecified atom stereocenters. The van der Waals surface area contributed by atoms with Gasteiger partial charge in [0.25, 0.3) is 5.56 Å². The summed E-state index contributed by atoms with van der Waals surface area (Å²) >= 11 is 0. The summed E-state index contributed by atoms with van der Waals surface area (Å²) in [6.45, 7) is 2.85. The van der Waals surface area contributed by atoms with Crippen LogP contribution < -0.4 is 16.0 Å². The summed E-state index contributed by atoms with van der Waals surface area (Å²) in [6.07, 6.45) is 6.30. The van der Waals surface area contributed by atoms with Crippen molar-refractivity contribution >= 4 is 22.7 Å². The number of nitrogens with one attached hydrogen (secondary N) is 1. The molecular formula is C26H34N4O5. The molecule has 9 nitrogen and oxygen atoms in total. The molecule has 5 rings (SSSR count). The lowest BCUT2D eigenvalue weighted by Crippen LogP contribution is -2.53. The smallest absolute Gasteiger partial charge is 0.328 e. The minimum atomic E-state index is -0.403. The predicted molar refractivity (Wildman–Crippen MR) is 131 cm³/mol. The first kappa shape index (κ1) is 23.6. The first-order chi connectivity index (χ1) is 16.9. The van der Waals surface area contributed by atoms with Crippen LogP contribution in [0.15, 0.2) is 27.8 Å². The van der Waals surface area contributed by atoms with Crippen molar-refractivity contribution in [3.63, 3.8) is 0 Å². The summed E-state index contributed by atoms with van der Waals surface area (Å²) in [7, 11) is 1.54. The van der Waals surface area contributed by atoms with E-state index in [-0.39, 0.29) is 35.1 Å². The Labute approximate surface area is 204 Å². The molecule has 2 heterocycles. The van der Waals surface area contributed by atoms with Gasteiger partial charge in [-0.15, -0.1) is 0 Å². The minimum absolute atomic E-state index is 0.0176. The van der Waals surface area contributed by atoms with Crippen molar-refractivity contribution in [3.05, 3.63) is 39.0 Å². The van der Waals surface area contributed by atoms with E-state index in [1.165, 1.54) is 4.57 Å². The van der Waals surface area contributed by atoms with Crippen LogP contribution >= 0.6 is 0 Å². The van der Waals surface area contributed by atoms with Crippen LogP contribution in [0, 0.1) is 17.8 Å². The maximum Gasteiger partial charge on any atom is 0.328 e. The Kier molecular flexibility index (Phi) is 6.67. The van der Waals surface area contributed by atoms with Gasteiger partial charge < -0.3 is 19.5 Å². The summed E-state index contributed by atoms with van der Waals surface area (Å²) in [5.74, 6) is 1.39. The Morgan fingerprint density at radius 3 is 2.06 bits per heavy atom. The number of hydrogen-bond donors (Lipinski definition) is 1. The SMILES string of the molecule is COc1ccc2[nH]c(=O)n(CC3CCC(C(=O)N4CCN(C(=O)C5CCC5)CC4)CC3)c(=O)c2c1. The van der Waals surface area contributed by atoms with Crippen molar-refractivity contribution in [2.24, 2.45) is 17.8 Å². The minimum Gasteiger partial charge on any atom is -0.497 e. The van der Waals surface area contributed by atoms with Crippen LogP contribution in [-0.2, 0) is 16.1 Å². The predicted octanol–water partition coefficient (Wildman–Crippen LogP) is 1.98. The molecule has 2 aliphatic carbocycles. The standard InChI is InChI=1S/C26H34N4O5/c1-35-20-9-10-22-21(15-20)25(33)30(26(34)27-22)16-17-5-7-19(8-6-17)24(32)29-13-11-28(12-14-29)23(31)18-3-2-4-18/h9-10,15,17-19H,2-8,11-14,16H2,1H3,(H,27,34). The second-order valence-electron chi connectivity index (χ2n) is 10.3. The van der Waals surface area contributed by atoms with Gasteiger partial charge in [0.05, 0.1) is 18.0 Å². The van der Waals surface area contributed by atoms with Gasteiger partial charge in [0.15, 0.2) is 0 Å². The van der Waals surface area contributed by atoms with Crippen LogP contribution in [0.3, 0.4) is 0 Å². The lowest BCUT2D eigenvalue weighted by Gasteiger charge is -2.40. The molecule has 2 amide bonds. The van der Waals surface area contributed by atoms with Gasteiger partial charge in [0, 0.05) is 44.6 Å². The molecule has 1 aromatic heterocycles. The second kappa shape index (κ2) is 9.87. The molecule has 0 bridgehead atoms. The van der Waals surface area contributed by atoms with Crippen LogP contribution in [0.4, 0.5) is 0 Å². The molecule has 188 valence electrons. The maximum atomic E-state index is 13.1. The molecule has 1 saturated heterocycles. The summed E-state index contributed by atoms with van der Waals surface area (Å²) in [5.41, 5.74) is -0.212. The van der Waals surface area contributed by atoms with E-state index in [0.717, 1.165) is 44.9 Å². The summed E-state index contributed by atoms with van der Waals surface area (Å²) in [5, 5.41) is 0.433. The molecule has 1 aliphatic heterocycles. The van der Waals surface area contributed by atoms with Crippen molar-refractivity contribution < 1.29 is 14.3 Å². The highest BCUT2D eigenvalue weighted by Crippen LogP contribution is 2.32. The lowest BCUT2D eigenvalue weighted by molar-refractivity contribution is -0.146. The van der Waals surface area contributed by atoms with Gasteiger partial charge in [-0.2, -0.15) is 0 Å². The zero-order valence-corrected chi connectivity index (χ0v) is 20.3. The number of H-pyrrole nitrogens is 1. The average Bonchev–Trinajstić information content (AvgIpc) is 2.85. The molecule has 3 aliphatic rings. The number of hydrogen-bond acceptors (Lipinski definition) is 5. The third kappa shape index (κ3) is 4.73. The highest BCUT2D eigenvalue weighted by molar-refractivity contribution is 5.81. The molecular weight excluding hydrogens is 448 g/mol. The Morgan fingerprint density at radius 2 is 1.51 bits per heavy atom. The van der Waals surface area contributed by atoms with Crippen LogP contribution in [0.5, 0.6) is 5.75 Å². The monoisotopic (exact) mass is 482 g/mol. The normalized spacial score (nSPS) is 23.2. The number of aromatic nitrogens is 2. The summed E-state index contributed by atoms with van der Waals surface area (Å²) in [4.78, 5) is 57.8. The largest absolute Gasteiger partial charge is 0.497 e. The molecule has 0 spiro atoms. The van der Waals surface area contributed by atoms with Gasteiger partial charge in [0.2, 0.25) is 11.8 Å². The van der Waals surface area contributed by atoms with Gasteiger partial charge in [-0.3, -0.25) is 19.0 Å². The highest BCUT2D eigenvalue weighted by Gasteiger charge is 2.34. The van der Waals surface area contributed by atoms with Gasteiger partial charge in [-0.25, -0.2) is 4.79 Å². The fraction of sp³-hybridized carbons (Fsp3) is 0.615. The number of piperazine rings is 1. The molecule has 1 aromatic carbocycles. The number of carbonyl (C=O) groups excluding carboxylic acids is 2. The Morgan fingerprint density at radius 1 is 0.914 bits per heavy atom. The second-order valence-corrected chi connectivity index (χ2v) is 10.3. The fourth-order valence-electron chi connectivity index (χ4n) is 5.69. The first-order valence-electron chi connectivity index (χ1n) is 12.8. The molecule has 2 saturated carbocycles. The number of rotatable bonds is 5. The van der Waals surface area contributed by atoms with Crippen molar-refractivity contribution in [2.45, 2.75) is 51.5 Å². The molecule has 1 N–H and O–H groups in total. The van der Waals surface area contributed by atoms with Crippen molar-refractivity contribution in [1.29, 1.82) is 0 Å². The van der Waals surface area contributed by atoms with Crippen LogP contribution in [0.25, 0.3) is 10.9 Å². The number of carbonyl (C=O) groups is 2. The van der Waals surface area contributed by atoms with E-state index in [2.05, 4.69) is 4.98 Å². The number of nitrogens with zero attached hydrogens (tertiary/aromatic N) is 3. The lowest BCUT2D eigenvalue weighted by atomic mass is 9.81. The molecule has 0 atom stereocenters.